The molecule has 33 heavy (non-hydrogen) atoms. The Labute approximate surface area is 200 Å². The van der Waals surface area contributed by atoms with Gasteiger partial charge in [0.2, 0.25) is 5.91 Å². The molecule has 7 heteroatoms. The number of amides is 2. The fourth-order valence-electron chi connectivity index (χ4n) is 3.42. The van der Waals surface area contributed by atoms with Gasteiger partial charge in [0.05, 0.1) is 18.0 Å². The second-order valence-corrected chi connectivity index (χ2v) is 10.5. The van der Waals surface area contributed by atoms with Gasteiger partial charge < -0.3 is 10.1 Å². The molecule has 1 heterocycles. The number of hydrogen-bond donors (Lipinski definition) is 1. The van der Waals surface area contributed by atoms with Crippen LogP contribution < -0.4 is 15.0 Å². The maximum atomic E-state index is 13.5. The minimum Gasteiger partial charge on any atom is -0.497 e. The van der Waals surface area contributed by atoms with Crippen molar-refractivity contribution in [3.8, 4) is 5.75 Å². The number of ether oxygens (including phenoxy) is 1. The number of hydrogen-bond acceptors (Lipinski definition) is 5. The van der Waals surface area contributed by atoms with Gasteiger partial charge in [-0.1, -0.05) is 30.0 Å². The van der Waals surface area contributed by atoms with Gasteiger partial charge in [0, 0.05) is 5.54 Å². The van der Waals surface area contributed by atoms with Crippen molar-refractivity contribution in [1.82, 2.24) is 5.32 Å². The third-order valence-electron chi connectivity index (χ3n) is 4.86. The van der Waals surface area contributed by atoms with Crippen molar-refractivity contribution in [3.05, 3.63) is 64.9 Å². The first-order valence-corrected chi connectivity index (χ1v) is 11.7. The van der Waals surface area contributed by atoms with Crippen molar-refractivity contribution in [2.45, 2.75) is 52.3 Å². The Morgan fingerprint density at radius 3 is 2.27 bits per heavy atom. The van der Waals surface area contributed by atoms with Gasteiger partial charge in [0.15, 0.2) is 5.17 Å². The maximum absolute atomic E-state index is 13.5. The van der Waals surface area contributed by atoms with E-state index in [1.165, 1.54) is 11.8 Å². The van der Waals surface area contributed by atoms with E-state index in [9.17, 15) is 9.59 Å². The lowest BCUT2D eigenvalue weighted by Crippen LogP contribution is -2.45. The molecule has 174 valence electrons. The minimum absolute atomic E-state index is 0.101. The van der Waals surface area contributed by atoms with Crippen LogP contribution in [0.15, 0.2) is 53.2 Å². The summed E-state index contributed by atoms with van der Waals surface area (Å²) in [6, 6.07) is 13.4. The molecule has 1 atom stereocenters. The van der Waals surface area contributed by atoms with Gasteiger partial charge in [0.25, 0.3) is 5.91 Å². The summed E-state index contributed by atoms with van der Waals surface area (Å²) in [5.74, 6) is 0.419. The van der Waals surface area contributed by atoms with Gasteiger partial charge in [-0.3, -0.25) is 14.5 Å². The van der Waals surface area contributed by atoms with Gasteiger partial charge in [-0.05, 0) is 88.6 Å². The fourth-order valence-corrected chi connectivity index (χ4v) is 4.35. The summed E-state index contributed by atoms with van der Waals surface area (Å²) in [5, 5.41) is 3.06. The summed E-state index contributed by atoms with van der Waals surface area (Å²) in [4.78, 5) is 32.4. The SMILES string of the molecule is COc1ccc(/C=C2\N=C(SC(C)C(=O)NC(C)(C)C)N(c3cc(C)cc(C)c3)C2=O)cc1. The molecule has 0 saturated carbocycles. The highest BCUT2D eigenvalue weighted by Crippen LogP contribution is 2.32. The molecule has 6 nitrogen and oxygen atoms in total. The Morgan fingerprint density at radius 1 is 1.12 bits per heavy atom. The topological polar surface area (TPSA) is 71.0 Å². The van der Waals surface area contributed by atoms with Gasteiger partial charge in [-0.2, -0.15) is 0 Å². The molecular formula is C26H31N3O3S. The summed E-state index contributed by atoms with van der Waals surface area (Å²) < 4.78 is 5.21. The number of methoxy groups -OCH3 is 1. The van der Waals surface area contributed by atoms with Crippen molar-refractivity contribution in [2.75, 3.05) is 12.0 Å². The molecule has 2 aromatic rings. The molecule has 0 aliphatic carbocycles. The quantitative estimate of drug-likeness (QED) is 0.624. The number of benzene rings is 2. The molecule has 0 bridgehead atoms. The second kappa shape index (κ2) is 9.83. The van der Waals surface area contributed by atoms with E-state index in [0.717, 1.165) is 28.1 Å². The van der Waals surface area contributed by atoms with E-state index in [4.69, 9.17) is 4.74 Å². The number of aliphatic imine (C=N–C) groups is 1. The largest absolute Gasteiger partial charge is 0.497 e. The molecule has 0 spiro atoms. The van der Waals surface area contributed by atoms with E-state index in [1.807, 2.05) is 77.9 Å². The van der Waals surface area contributed by atoms with Crippen molar-refractivity contribution < 1.29 is 14.3 Å². The van der Waals surface area contributed by atoms with E-state index >= 15 is 0 Å². The molecule has 1 aliphatic rings. The first kappa shape index (κ1) is 24.6. The Morgan fingerprint density at radius 2 is 1.73 bits per heavy atom. The zero-order chi connectivity index (χ0) is 24.3. The van der Waals surface area contributed by atoms with Crippen LogP contribution in [0.5, 0.6) is 5.75 Å². The maximum Gasteiger partial charge on any atom is 0.283 e. The number of nitrogens with zero attached hydrogens (tertiary/aromatic N) is 2. The van der Waals surface area contributed by atoms with E-state index in [0.29, 0.717) is 10.9 Å². The fraction of sp³-hybridized carbons (Fsp3) is 0.346. The predicted molar refractivity (Wildman–Crippen MR) is 137 cm³/mol. The van der Waals surface area contributed by atoms with Gasteiger partial charge in [-0.25, -0.2) is 4.99 Å². The van der Waals surface area contributed by atoms with Crippen LogP contribution in [0, 0.1) is 13.8 Å². The van der Waals surface area contributed by atoms with E-state index in [1.54, 1.807) is 18.1 Å². The summed E-state index contributed by atoms with van der Waals surface area (Å²) in [5.41, 5.74) is 3.66. The van der Waals surface area contributed by atoms with Crippen molar-refractivity contribution in [2.24, 2.45) is 4.99 Å². The van der Waals surface area contributed by atoms with Crippen molar-refractivity contribution in [1.29, 1.82) is 0 Å². The summed E-state index contributed by atoms with van der Waals surface area (Å²) in [6.45, 7) is 11.6. The molecule has 3 rings (SSSR count). The summed E-state index contributed by atoms with van der Waals surface area (Å²) in [6.07, 6.45) is 1.75. The lowest BCUT2D eigenvalue weighted by atomic mass is 10.1. The third-order valence-corrected chi connectivity index (χ3v) is 5.92. The number of carbonyl (C=O) groups is 2. The number of aryl methyl sites for hydroxylation is 2. The summed E-state index contributed by atoms with van der Waals surface area (Å²) in [7, 11) is 1.61. The average Bonchev–Trinajstić information content (AvgIpc) is 3.01. The average molecular weight is 466 g/mol. The first-order valence-electron chi connectivity index (χ1n) is 10.8. The van der Waals surface area contributed by atoms with Crippen LogP contribution in [-0.4, -0.2) is 34.9 Å². The number of thioether (sulfide) groups is 1. The lowest BCUT2D eigenvalue weighted by Gasteiger charge is -2.24. The van der Waals surface area contributed by atoms with Crippen LogP contribution in [0.4, 0.5) is 5.69 Å². The summed E-state index contributed by atoms with van der Waals surface area (Å²) >= 11 is 1.28. The molecule has 1 N–H and O–H groups in total. The normalized spacial score (nSPS) is 16.1. The Balaban J connectivity index is 1.97. The van der Waals surface area contributed by atoms with E-state index in [2.05, 4.69) is 16.4 Å². The van der Waals surface area contributed by atoms with E-state index < -0.39 is 5.25 Å². The Kier molecular flexibility index (Phi) is 7.32. The van der Waals surface area contributed by atoms with Gasteiger partial charge >= 0.3 is 0 Å². The minimum atomic E-state index is -0.426. The molecule has 0 aromatic heterocycles. The molecule has 1 aliphatic heterocycles. The smallest absolute Gasteiger partial charge is 0.283 e. The zero-order valence-corrected chi connectivity index (χ0v) is 21.0. The van der Waals surface area contributed by atoms with E-state index in [-0.39, 0.29) is 17.4 Å². The number of rotatable bonds is 5. The number of nitrogens with one attached hydrogen (secondary N) is 1. The molecular weight excluding hydrogens is 434 g/mol. The predicted octanol–water partition coefficient (Wildman–Crippen LogP) is 5.09. The zero-order valence-electron chi connectivity index (χ0n) is 20.2. The highest BCUT2D eigenvalue weighted by Gasteiger charge is 2.34. The van der Waals surface area contributed by atoms with Crippen molar-refractivity contribution >= 4 is 40.5 Å². The molecule has 0 saturated heterocycles. The van der Waals surface area contributed by atoms with Crippen LogP contribution >= 0.6 is 11.8 Å². The number of anilines is 1. The Bertz CT molecular complexity index is 1090. The second-order valence-electron chi connectivity index (χ2n) is 9.18. The Hall–Kier alpha value is -3.06. The molecule has 0 fully saturated rings. The number of carbonyl (C=O) groups excluding carboxylic acids is 2. The van der Waals surface area contributed by atoms with Crippen molar-refractivity contribution in [3.63, 3.8) is 0 Å². The highest BCUT2D eigenvalue weighted by molar-refractivity contribution is 8.15. The number of amidine groups is 1. The van der Waals surface area contributed by atoms with Crippen LogP contribution in [-0.2, 0) is 9.59 Å². The molecule has 2 aromatic carbocycles. The highest BCUT2D eigenvalue weighted by atomic mass is 32.2. The standard InChI is InChI=1S/C26H31N3O3S/c1-16-12-17(2)14-20(13-16)29-24(31)22(15-19-8-10-21(32-7)11-9-19)27-25(29)33-18(3)23(30)28-26(4,5)6/h8-15,18H,1-7H3,(H,28,30)/b22-15-. The molecule has 2 amide bonds. The lowest BCUT2D eigenvalue weighted by molar-refractivity contribution is -0.121. The van der Waals surface area contributed by atoms with Crippen LogP contribution in [0.1, 0.15) is 44.4 Å². The van der Waals surface area contributed by atoms with Gasteiger partial charge in [0.1, 0.15) is 11.4 Å². The van der Waals surface area contributed by atoms with Gasteiger partial charge in [-0.15, -0.1) is 0 Å². The third kappa shape index (κ3) is 6.26. The first-order chi connectivity index (χ1) is 15.5. The molecule has 0 radical (unpaired) electrons. The van der Waals surface area contributed by atoms with Crippen LogP contribution in [0.2, 0.25) is 0 Å². The van der Waals surface area contributed by atoms with Crippen LogP contribution in [0.25, 0.3) is 6.08 Å². The molecule has 1 unspecified atom stereocenters. The van der Waals surface area contributed by atoms with Crippen LogP contribution in [0.3, 0.4) is 0 Å². The monoisotopic (exact) mass is 465 g/mol.